The first-order chi connectivity index (χ1) is 14.3. The molecule has 0 bridgehead atoms. The van der Waals surface area contributed by atoms with Crippen LogP contribution in [0.2, 0.25) is 5.02 Å². The predicted octanol–water partition coefficient (Wildman–Crippen LogP) is 4.94. The van der Waals surface area contributed by atoms with Crippen LogP contribution in [0.3, 0.4) is 0 Å². The number of rotatable bonds is 6. The normalized spacial score (nSPS) is 15.4. The van der Waals surface area contributed by atoms with Crippen LogP contribution >= 0.6 is 69.0 Å². The number of hydrogen-bond acceptors (Lipinski definition) is 4. The maximum absolute atomic E-state index is 12.7. The summed E-state index contributed by atoms with van der Waals surface area (Å²) in [6.07, 6.45) is 3.11. The van der Waals surface area contributed by atoms with Crippen molar-refractivity contribution in [3.05, 3.63) is 77.9 Å². The van der Waals surface area contributed by atoms with E-state index in [-0.39, 0.29) is 17.2 Å². The molecule has 1 fully saturated rings. The molecule has 2 amide bonds. The number of benzene rings is 2. The van der Waals surface area contributed by atoms with Crippen LogP contribution in [0.5, 0.6) is 5.75 Å². The van der Waals surface area contributed by atoms with Crippen molar-refractivity contribution in [1.82, 2.24) is 10.2 Å². The van der Waals surface area contributed by atoms with Crippen molar-refractivity contribution in [3.8, 4) is 5.75 Å². The fraction of sp³-hybridized carbons (Fsp3) is 0.0952. The van der Waals surface area contributed by atoms with Gasteiger partial charge < -0.3 is 4.74 Å². The zero-order valence-corrected chi connectivity index (χ0v) is 21.3. The molecule has 0 aromatic heterocycles. The maximum Gasteiger partial charge on any atom is 0.265 e. The van der Waals surface area contributed by atoms with Crippen LogP contribution in [0.1, 0.15) is 11.1 Å². The van der Waals surface area contributed by atoms with Gasteiger partial charge in [0.05, 0.1) is 7.14 Å². The smallest absolute Gasteiger partial charge is 0.265 e. The lowest BCUT2D eigenvalue weighted by Crippen LogP contribution is -2.53. The lowest BCUT2D eigenvalue weighted by Gasteiger charge is -2.27. The third-order valence-electron chi connectivity index (χ3n) is 4.13. The van der Waals surface area contributed by atoms with E-state index in [0.29, 0.717) is 17.2 Å². The molecule has 2 aromatic carbocycles. The summed E-state index contributed by atoms with van der Waals surface area (Å²) in [5.74, 6) is -0.225. The second-order valence-corrected chi connectivity index (χ2v) is 9.40. The van der Waals surface area contributed by atoms with Crippen molar-refractivity contribution in [2.24, 2.45) is 0 Å². The monoisotopic (exact) mass is 664 g/mol. The molecule has 5 nitrogen and oxygen atoms in total. The van der Waals surface area contributed by atoms with Gasteiger partial charge in [-0.3, -0.25) is 19.8 Å². The van der Waals surface area contributed by atoms with Crippen LogP contribution in [0.25, 0.3) is 6.08 Å². The molecule has 1 N–H and O–H groups in total. The van der Waals surface area contributed by atoms with Crippen molar-refractivity contribution in [3.63, 3.8) is 0 Å². The highest BCUT2D eigenvalue weighted by atomic mass is 127. The Balaban J connectivity index is 1.84. The largest absolute Gasteiger partial charge is 0.487 e. The van der Waals surface area contributed by atoms with E-state index in [9.17, 15) is 9.59 Å². The first-order valence-electron chi connectivity index (χ1n) is 8.66. The lowest BCUT2D eigenvalue weighted by atomic mass is 10.1. The Labute approximate surface area is 211 Å². The van der Waals surface area contributed by atoms with Crippen molar-refractivity contribution >= 4 is 92.0 Å². The summed E-state index contributed by atoms with van der Waals surface area (Å²) in [6, 6.07) is 11.2. The highest BCUT2D eigenvalue weighted by Crippen LogP contribution is 2.31. The number of nitrogens with zero attached hydrogens (tertiary/aromatic N) is 1. The Kier molecular flexibility index (Phi) is 7.88. The molecular formula is C21H15ClI2N2O3S. The van der Waals surface area contributed by atoms with Gasteiger partial charge in [-0.1, -0.05) is 29.8 Å². The molecular weight excluding hydrogens is 650 g/mol. The average molecular weight is 665 g/mol. The summed E-state index contributed by atoms with van der Waals surface area (Å²) in [4.78, 5) is 26.3. The summed E-state index contributed by atoms with van der Waals surface area (Å²) in [6.45, 7) is 4.25. The lowest BCUT2D eigenvalue weighted by molar-refractivity contribution is -0.128. The van der Waals surface area contributed by atoms with E-state index in [0.717, 1.165) is 18.5 Å². The summed E-state index contributed by atoms with van der Waals surface area (Å²) >= 11 is 15.3. The Hall–Kier alpha value is -1.50. The van der Waals surface area contributed by atoms with Gasteiger partial charge in [0.25, 0.3) is 11.8 Å². The second kappa shape index (κ2) is 10.2. The zero-order chi connectivity index (χ0) is 21.8. The molecule has 2 aromatic rings. The number of thiocarbonyl (C=S) groups is 1. The molecule has 9 heteroatoms. The standard InChI is InChI=1S/C21H15ClI2N2O3S/c1-2-7-26-20(28)15(19(27)25-21(26)30)8-13-9-16(23)18(17(24)10-13)29-11-12-3-5-14(22)6-4-12/h2-6,8-10H,1,7,11H2,(H,25,27,30)/b15-8+. The van der Waals surface area contributed by atoms with Crippen LogP contribution in [0, 0.1) is 7.14 Å². The van der Waals surface area contributed by atoms with Crippen LogP contribution in [0.4, 0.5) is 0 Å². The van der Waals surface area contributed by atoms with E-state index in [4.69, 9.17) is 28.6 Å². The Morgan fingerprint density at radius 1 is 1.17 bits per heavy atom. The number of nitrogens with one attached hydrogen (secondary N) is 1. The highest BCUT2D eigenvalue weighted by molar-refractivity contribution is 14.1. The highest BCUT2D eigenvalue weighted by Gasteiger charge is 2.32. The molecule has 0 aliphatic carbocycles. The fourth-order valence-electron chi connectivity index (χ4n) is 2.69. The third-order valence-corrected chi connectivity index (χ3v) is 6.30. The summed E-state index contributed by atoms with van der Waals surface area (Å²) in [5, 5.41) is 3.30. The van der Waals surface area contributed by atoms with Gasteiger partial charge in [-0.25, -0.2) is 0 Å². The molecule has 3 rings (SSSR count). The molecule has 0 atom stereocenters. The zero-order valence-electron chi connectivity index (χ0n) is 15.5. The van der Waals surface area contributed by atoms with E-state index < -0.39 is 11.8 Å². The molecule has 1 aliphatic rings. The summed E-state index contributed by atoms with van der Waals surface area (Å²) in [7, 11) is 0. The van der Waals surface area contributed by atoms with E-state index in [1.54, 1.807) is 12.2 Å². The predicted molar refractivity (Wildman–Crippen MR) is 138 cm³/mol. The second-order valence-electron chi connectivity index (χ2n) is 6.25. The molecule has 0 saturated carbocycles. The van der Waals surface area contributed by atoms with E-state index in [1.807, 2.05) is 36.4 Å². The first kappa shape index (κ1) is 23.2. The third kappa shape index (κ3) is 5.40. The first-order valence-corrected chi connectivity index (χ1v) is 11.6. The number of carbonyl (C=O) groups excluding carboxylic acids is 2. The number of halogens is 3. The molecule has 30 heavy (non-hydrogen) atoms. The Morgan fingerprint density at radius 3 is 2.40 bits per heavy atom. The molecule has 0 unspecified atom stereocenters. The minimum Gasteiger partial charge on any atom is -0.487 e. The average Bonchev–Trinajstić information content (AvgIpc) is 2.69. The number of ether oxygens (including phenoxy) is 1. The van der Waals surface area contributed by atoms with E-state index >= 15 is 0 Å². The van der Waals surface area contributed by atoms with Crippen molar-refractivity contribution < 1.29 is 14.3 Å². The molecule has 0 spiro atoms. The van der Waals surface area contributed by atoms with Gasteiger partial charge in [-0.15, -0.1) is 6.58 Å². The van der Waals surface area contributed by atoms with Gasteiger partial charge in [0.1, 0.15) is 17.9 Å². The van der Waals surface area contributed by atoms with Gasteiger partial charge >= 0.3 is 0 Å². The molecule has 154 valence electrons. The quantitative estimate of drug-likeness (QED) is 0.156. The molecule has 1 saturated heterocycles. The van der Waals surface area contributed by atoms with Gasteiger partial charge in [-0.05, 0) is 98.9 Å². The van der Waals surface area contributed by atoms with Crippen LogP contribution in [-0.4, -0.2) is 28.4 Å². The van der Waals surface area contributed by atoms with Crippen molar-refractivity contribution in [2.75, 3.05) is 6.54 Å². The van der Waals surface area contributed by atoms with E-state index in [2.05, 4.69) is 57.1 Å². The van der Waals surface area contributed by atoms with Gasteiger partial charge in [0.15, 0.2) is 5.11 Å². The number of hydrogen-bond donors (Lipinski definition) is 1. The maximum atomic E-state index is 12.7. The van der Waals surface area contributed by atoms with Crippen LogP contribution < -0.4 is 10.1 Å². The summed E-state index contributed by atoms with van der Waals surface area (Å²) in [5.41, 5.74) is 1.74. The molecule has 0 radical (unpaired) electrons. The number of carbonyl (C=O) groups is 2. The van der Waals surface area contributed by atoms with Crippen molar-refractivity contribution in [1.29, 1.82) is 0 Å². The van der Waals surface area contributed by atoms with Crippen LogP contribution in [-0.2, 0) is 16.2 Å². The van der Waals surface area contributed by atoms with Crippen molar-refractivity contribution in [2.45, 2.75) is 6.61 Å². The van der Waals surface area contributed by atoms with Gasteiger partial charge in [-0.2, -0.15) is 0 Å². The minimum atomic E-state index is -0.515. The van der Waals surface area contributed by atoms with E-state index in [1.165, 1.54) is 4.90 Å². The fourth-order valence-corrected chi connectivity index (χ4v) is 5.20. The Morgan fingerprint density at radius 2 is 1.80 bits per heavy atom. The van der Waals surface area contributed by atoms with Crippen LogP contribution in [0.15, 0.2) is 54.6 Å². The number of amides is 2. The topological polar surface area (TPSA) is 58.6 Å². The molecule has 1 heterocycles. The van der Waals surface area contributed by atoms with Gasteiger partial charge in [0.2, 0.25) is 0 Å². The Bertz CT molecular complexity index is 1050. The minimum absolute atomic E-state index is 0.0203. The molecule has 1 aliphatic heterocycles. The summed E-state index contributed by atoms with van der Waals surface area (Å²) < 4.78 is 7.71. The van der Waals surface area contributed by atoms with Gasteiger partial charge in [0, 0.05) is 11.6 Å². The SMILES string of the molecule is C=CCN1C(=O)/C(=C/c2cc(I)c(OCc3ccc(Cl)cc3)c(I)c2)C(=O)NC1=S.